The number of hydrogen-bond donors (Lipinski definition) is 0. The highest BCUT2D eigenvalue weighted by Crippen LogP contribution is 2.37. The minimum Gasteiger partial charge on any atom is -0.444 e. The fraction of sp³-hybridized carbons (Fsp3) is 0.579. The molecule has 0 aliphatic heterocycles. The molecule has 1 rings (SSSR count). The van der Waals surface area contributed by atoms with Gasteiger partial charge in [-0.25, -0.2) is 4.79 Å². The maximum absolute atomic E-state index is 12.5. The molecule has 0 aliphatic rings. The molecule has 0 aliphatic carbocycles. The Morgan fingerprint density at radius 2 is 1.65 bits per heavy atom. The van der Waals surface area contributed by atoms with Gasteiger partial charge < -0.3 is 9.53 Å². The first kappa shape index (κ1) is 19.2. The first-order chi connectivity index (χ1) is 10.5. The number of likely N-dealkylation sites (N-methyl/N-ethyl adjacent to an activating group) is 1. The van der Waals surface area contributed by atoms with Gasteiger partial charge in [-0.2, -0.15) is 0 Å². The number of amides is 1. The molecule has 4 heteroatoms. The van der Waals surface area contributed by atoms with Crippen LogP contribution in [-0.4, -0.2) is 35.5 Å². The largest absolute Gasteiger partial charge is 0.444 e. The average molecular weight is 319 g/mol. The third-order valence-corrected chi connectivity index (χ3v) is 4.08. The molecular weight excluding hydrogens is 290 g/mol. The molecule has 0 N–H and O–H groups in total. The summed E-state index contributed by atoms with van der Waals surface area (Å²) in [6, 6.07) is 9.83. The van der Waals surface area contributed by atoms with Crippen LogP contribution in [-0.2, 0) is 9.53 Å². The molecule has 0 spiro atoms. The zero-order valence-corrected chi connectivity index (χ0v) is 15.3. The number of rotatable bonds is 5. The van der Waals surface area contributed by atoms with Crippen LogP contribution in [0.1, 0.15) is 53.0 Å². The molecule has 0 bridgehead atoms. The van der Waals surface area contributed by atoms with Gasteiger partial charge in [-0.3, -0.25) is 4.90 Å². The number of carbonyl (C=O) groups is 2. The summed E-state index contributed by atoms with van der Waals surface area (Å²) >= 11 is 0. The van der Waals surface area contributed by atoms with Gasteiger partial charge in [0.15, 0.2) is 0 Å². The van der Waals surface area contributed by atoms with Crippen LogP contribution in [0.5, 0.6) is 0 Å². The molecule has 4 nitrogen and oxygen atoms in total. The van der Waals surface area contributed by atoms with Crippen molar-refractivity contribution in [2.45, 2.75) is 58.6 Å². The summed E-state index contributed by atoms with van der Waals surface area (Å²) in [5, 5.41) is 0. The molecule has 23 heavy (non-hydrogen) atoms. The highest BCUT2D eigenvalue weighted by molar-refractivity contribution is 5.77. The summed E-state index contributed by atoms with van der Waals surface area (Å²) in [6.07, 6.45) is 0.364. The van der Waals surface area contributed by atoms with Crippen molar-refractivity contribution in [1.29, 1.82) is 0 Å². The van der Waals surface area contributed by atoms with E-state index < -0.39 is 17.2 Å². The van der Waals surface area contributed by atoms with Crippen LogP contribution < -0.4 is 0 Å². The predicted octanol–water partition coefficient (Wildman–Crippen LogP) is 4.25. The summed E-state index contributed by atoms with van der Waals surface area (Å²) < 4.78 is 5.44. The van der Waals surface area contributed by atoms with Crippen molar-refractivity contribution in [3.63, 3.8) is 0 Å². The van der Waals surface area contributed by atoms with Crippen LogP contribution in [0.15, 0.2) is 30.3 Å². The third kappa shape index (κ3) is 4.57. The van der Waals surface area contributed by atoms with Crippen LogP contribution in [0.3, 0.4) is 0 Å². The zero-order valence-electron chi connectivity index (χ0n) is 15.3. The van der Waals surface area contributed by atoms with Crippen LogP contribution in [0.4, 0.5) is 4.79 Å². The monoisotopic (exact) mass is 319 g/mol. The quantitative estimate of drug-likeness (QED) is 0.762. The second kappa shape index (κ2) is 7.16. The first-order valence-electron chi connectivity index (χ1n) is 8.01. The van der Waals surface area contributed by atoms with Gasteiger partial charge >= 0.3 is 6.09 Å². The molecule has 1 amide bonds. The zero-order chi connectivity index (χ0) is 17.8. The standard InChI is InChI=1S/C19H29NO3/c1-14(2)16(15-11-9-8-10-12-15)19(6,13-21)20(7)17(22)23-18(3,4)5/h8-14,16H,1-7H3. The van der Waals surface area contributed by atoms with Crippen LogP contribution in [0.2, 0.25) is 0 Å². The Morgan fingerprint density at radius 1 is 1.13 bits per heavy atom. The van der Waals surface area contributed by atoms with E-state index in [1.165, 1.54) is 4.90 Å². The normalized spacial score (nSPS) is 15.7. The summed E-state index contributed by atoms with van der Waals surface area (Å²) in [4.78, 5) is 25.9. The fourth-order valence-electron chi connectivity index (χ4n) is 2.95. The van der Waals surface area contributed by atoms with Crippen molar-refractivity contribution in [3.8, 4) is 0 Å². The lowest BCUT2D eigenvalue weighted by atomic mass is 9.74. The molecule has 0 aromatic heterocycles. The molecule has 0 saturated heterocycles. The van der Waals surface area contributed by atoms with Crippen LogP contribution >= 0.6 is 0 Å². The number of nitrogens with zero attached hydrogens (tertiary/aromatic N) is 1. The van der Waals surface area contributed by atoms with Gasteiger partial charge in [-0.05, 0) is 39.2 Å². The lowest BCUT2D eigenvalue weighted by molar-refractivity contribution is -0.119. The topological polar surface area (TPSA) is 46.6 Å². The van der Waals surface area contributed by atoms with Crippen molar-refractivity contribution in [2.75, 3.05) is 7.05 Å². The molecule has 0 fully saturated rings. The van der Waals surface area contributed by atoms with Gasteiger partial charge in [0, 0.05) is 13.0 Å². The maximum atomic E-state index is 12.5. The van der Waals surface area contributed by atoms with Crippen molar-refractivity contribution >= 4 is 12.4 Å². The van der Waals surface area contributed by atoms with Gasteiger partial charge in [-0.1, -0.05) is 44.2 Å². The lowest BCUT2D eigenvalue weighted by Gasteiger charge is -2.43. The van der Waals surface area contributed by atoms with E-state index >= 15 is 0 Å². The third-order valence-electron chi connectivity index (χ3n) is 4.08. The smallest absolute Gasteiger partial charge is 0.410 e. The number of aldehydes is 1. The highest BCUT2D eigenvalue weighted by atomic mass is 16.6. The number of ether oxygens (including phenoxy) is 1. The molecule has 2 unspecified atom stereocenters. The molecular formula is C19H29NO3. The lowest BCUT2D eigenvalue weighted by Crippen LogP contribution is -2.55. The fourth-order valence-corrected chi connectivity index (χ4v) is 2.95. The highest BCUT2D eigenvalue weighted by Gasteiger charge is 2.44. The van der Waals surface area contributed by atoms with Gasteiger partial charge in [0.05, 0.1) is 0 Å². The summed E-state index contributed by atoms with van der Waals surface area (Å²) in [6.45, 7) is 11.3. The van der Waals surface area contributed by atoms with E-state index in [1.54, 1.807) is 14.0 Å². The van der Waals surface area contributed by atoms with E-state index in [0.717, 1.165) is 11.8 Å². The molecule has 0 saturated carbocycles. The summed E-state index contributed by atoms with van der Waals surface area (Å²) in [7, 11) is 1.63. The molecule has 128 valence electrons. The van der Waals surface area contributed by atoms with Crippen molar-refractivity contribution in [3.05, 3.63) is 35.9 Å². The van der Waals surface area contributed by atoms with Crippen LogP contribution in [0, 0.1) is 5.92 Å². The minimum atomic E-state index is -0.988. The summed E-state index contributed by atoms with van der Waals surface area (Å²) in [5.41, 5.74) is -0.555. The molecule has 0 heterocycles. The van der Waals surface area contributed by atoms with E-state index in [4.69, 9.17) is 4.74 Å². The van der Waals surface area contributed by atoms with Gasteiger partial charge in [0.1, 0.15) is 17.4 Å². The Labute approximate surface area is 139 Å². The number of carbonyl (C=O) groups excluding carboxylic acids is 2. The first-order valence-corrected chi connectivity index (χ1v) is 8.01. The molecule has 1 aromatic carbocycles. The Kier molecular flexibility index (Phi) is 5.98. The van der Waals surface area contributed by atoms with Gasteiger partial charge in [0.25, 0.3) is 0 Å². The van der Waals surface area contributed by atoms with E-state index in [2.05, 4.69) is 13.8 Å². The average Bonchev–Trinajstić information content (AvgIpc) is 2.45. The van der Waals surface area contributed by atoms with Crippen LogP contribution in [0.25, 0.3) is 0 Å². The predicted molar refractivity (Wildman–Crippen MR) is 92.5 cm³/mol. The van der Waals surface area contributed by atoms with Gasteiger partial charge in [0.2, 0.25) is 0 Å². The molecule has 1 aromatic rings. The molecule has 2 atom stereocenters. The second-order valence-corrected chi connectivity index (χ2v) is 7.52. The second-order valence-electron chi connectivity index (χ2n) is 7.52. The summed E-state index contributed by atoms with van der Waals surface area (Å²) in [5.74, 6) is 0.0520. The molecule has 0 radical (unpaired) electrons. The maximum Gasteiger partial charge on any atom is 0.410 e. The Bertz CT molecular complexity index is 533. The minimum absolute atomic E-state index is 0.126. The number of benzene rings is 1. The Morgan fingerprint density at radius 3 is 2.04 bits per heavy atom. The van der Waals surface area contributed by atoms with E-state index in [0.29, 0.717) is 0 Å². The van der Waals surface area contributed by atoms with E-state index in [9.17, 15) is 9.59 Å². The van der Waals surface area contributed by atoms with Crippen molar-refractivity contribution < 1.29 is 14.3 Å². The van der Waals surface area contributed by atoms with E-state index in [1.807, 2.05) is 51.1 Å². The van der Waals surface area contributed by atoms with Gasteiger partial charge in [-0.15, -0.1) is 0 Å². The Balaban J connectivity index is 3.23. The SMILES string of the molecule is CC(C)C(c1ccccc1)C(C)(C=O)N(C)C(=O)OC(C)(C)C. The van der Waals surface area contributed by atoms with Crippen molar-refractivity contribution in [1.82, 2.24) is 4.90 Å². The van der Waals surface area contributed by atoms with E-state index in [-0.39, 0.29) is 11.8 Å². The van der Waals surface area contributed by atoms with Crippen molar-refractivity contribution in [2.24, 2.45) is 5.92 Å². The Hall–Kier alpha value is -1.84. The number of hydrogen-bond acceptors (Lipinski definition) is 3.